The number of nitrogens with one attached hydrogen (secondary N) is 1. The van der Waals surface area contributed by atoms with Crippen LogP contribution in [-0.4, -0.2) is 20.2 Å². The zero-order chi connectivity index (χ0) is 17.1. The number of benzene rings is 1. The number of halogens is 1. The number of hydrogen-bond acceptors (Lipinski definition) is 6. The zero-order valence-electron chi connectivity index (χ0n) is 12.9. The van der Waals surface area contributed by atoms with Gasteiger partial charge in [0, 0.05) is 17.1 Å². The first-order valence-corrected chi connectivity index (χ1v) is 8.39. The molecule has 0 aliphatic rings. The summed E-state index contributed by atoms with van der Waals surface area (Å²) < 4.78 is 13.0. The van der Waals surface area contributed by atoms with Gasteiger partial charge in [0.15, 0.2) is 10.9 Å². The van der Waals surface area contributed by atoms with Gasteiger partial charge in [0.2, 0.25) is 0 Å². The standard InChI is InChI=1S/C18H12FN5S/c19-13-6-4-12(5-7-13)14-8-9-17(24-23-14)22-18-21-16(11-25-18)15-3-1-2-10-20-15/h1-11H,(H,21,22,24). The monoisotopic (exact) mass is 349 g/mol. The Morgan fingerprint density at radius 1 is 0.840 bits per heavy atom. The van der Waals surface area contributed by atoms with Gasteiger partial charge in [-0.2, -0.15) is 0 Å². The van der Waals surface area contributed by atoms with Crippen molar-refractivity contribution in [3.63, 3.8) is 0 Å². The summed E-state index contributed by atoms with van der Waals surface area (Å²) in [6.07, 6.45) is 1.74. The molecule has 122 valence electrons. The fourth-order valence-electron chi connectivity index (χ4n) is 2.25. The number of aromatic nitrogens is 4. The molecule has 1 N–H and O–H groups in total. The van der Waals surface area contributed by atoms with Gasteiger partial charge in [-0.1, -0.05) is 6.07 Å². The summed E-state index contributed by atoms with van der Waals surface area (Å²) in [4.78, 5) is 8.78. The highest BCUT2D eigenvalue weighted by atomic mass is 32.1. The Morgan fingerprint density at radius 2 is 1.72 bits per heavy atom. The number of rotatable bonds is 4. The highest BCUT2D eigenvalue weighted by Gasteiger charge is 2.07. The van der Waals surface area contributed by atoms with Crippen molar-refractivity contribution in [3.05, 3.63) is 72.0 Å². The fourth-order valence-corrected chi connectivity index (χ4v) is 2.96. The van der Waals surface area contributed by atoms with E-state index in [0.717, 1.165) is 17.0 Å². The summed E-state index contributed by atoms with van der Waals surface area (Å²) in [7, 11) is 0. The fraction of sp³-hybridized carbons (Fsp3) is 0. The number of pyridine rings is 1. The lowest BCUT2D eigenvalue weighted by atomic mass is 10.1. The molecule has 3 heterocycles. The second kappa shape index (κ2) is 6.74. The Bertz CT molecular complexity index is 969. The van der Waals surface area contributed by atoms with Crippen LogP contribution < -0.4 is 5.32 Å². The van der Waals surface area contributed by atoms with Crippen LogP contribution in [-0.2, 0) is 0 Å². The van der Waals surface area contributed by atoms with Crippen LogP contribution in [0.5, 0.6) is 0 Å². The first kappa shape index (κ1) is 15.3. The second-order valence-corrected chi connectivity index (χ2v) is 6.05. The van der Waals surface area contributed by atoms with Crippen LogP contribution in [0.4, 0.5) is 15.3 Å². The summed E-state index contributed by atoms with van der Waals surface area (Å²) in [5.74, 6) is 0.315. The van der Waals surface area contributed by atoms with Crippen molar-refractivity contribution in [3.8, 4) is 22.6 Å². The normalized spacial score (nSPS) is 10.6. The van der Waals surface area contributed by atoms with Gasteiger partial charge in [0.25, 0.3) is 0 Å². The average Bonchev–Trinajstić information content (AvgIpc) is 3.12. The van der Waals surface area contributed by atoms with E-state index in [1.165, 1.54) is 23.5 Å². The Hall–Kier alpha value is -3.19. The number of anilines is 2. The molecule has 0 spiro atoms. The molecule has 0 saturated carbocycles. The molecule has 0 atom stereocenters. The van der Waals surface area contributed by atoms with E-state index in [0.29, 0.717) is 16.6 Å². The van der Waals surface area contributed by atoms with Gasteiger partial charge in [-0.25, -0.2) is 9.37 Å². The Labute approximate surface area is 147 Å². The van der Waals surface area contributed by atoms with Crippen molar-refractivity contribution in [2.45, 2.75) is 0 Å². The molecule has 0 aliphatic heterocycles. The molecule has 1 aromatic carbocycles. The molecule has 5 nitrogen and oxygen atoms in total. The topological polar surface area (TPSA) is 63.6 Å². The summed E-state index contributed by atoms with van der Waals surface area (Å²) in [5, 5.41) is 14.1. The highest BCUT2D eigenvalue weighted by molar-refractivity contribution is 7.14. The quantitative estimate of drug-likeness (QED) is 0.586. The predicted octanol–water partition coefficient (Wildman–Crippen LogP) is 4.54. The number of hydrogen-bond donors (Lipinski definition) is 1. The van der Waals surface area contributed by atoms with E-state index in [1.54, 1.807) is 18.3 Å². The Morgan fingerprint density at radius 3 is 2.44 bits per heavy atom. The number of nitrogens with zero attached hydrogens (tertiary/aromatic N) is 4. The Balaban J connectivity index is 1.50. The molecule has 0 unspecified atom stereocenters. The SMILES string of the molecule is Fc1ccc(-c2ccc(Nc3nc(-c4ccccn4)cs3)nn2)cc1. The van der Waals surface area contributed by atoms with Gasteiger partial charge >= 0.3 is 0 Å². The van der Waals surface area contributed by atoms with E-state index in [9.17, 15) is 4.39 Å². The number of thiazole rings is 1. The van der Waals surface area contributed by atoms with Crippen molar-refractivity contribution in [2.24, 2.45) is 0 Å². The molecule has 0 fully saturated rings. The van der Waals surface area contributed by atoms with Crippen molar-refractivity contribution in [1.82, 2.24) is 20.2 Å². The third kappa shape index (κ3) is 3.51. The van der Waals surface area contributed by atoms with Crippen LogP contribution in [0.15, 0.2) is 66.2 Å². The smallest absolute Gasteiger partial charge is 0.188 e. The lowest BCUT2D eigenvalue weighted by molar-refractivity contribution is 0.628. The first-order valence-electron chi connectivity index (χ1n) is 7.51. The summed E-state index contributed by atoms with van der Waals surface area (Å²) in [5.41, 5.74) is 3.12. The lowest BCUT2D eigenvalue weighted by Crippen LogP contribution is -1.96. The van der Waals surface area contributed by atoms with Crippen molar-refractivity contribution < 1.29 is 4.39 Å². The van der Waals surface area contributed by atoms with E-state index in [4.69, 9.17) is 0 Å². The maximum atomic E-state index is 13.0. The van der Waals surface area contributed by atoms with Gasteiger partial charge in [-0.3, -0.25) is 4.98 Å². The van der Waals surface area contributed by atoms with E-state index in [1.807, 2.05) is 35.7 Å². The molecule has 0 bridgehead atoms. The van der Waals surface area contributed by atoms with E-state index in [2.05, 4.69) is 25.5 Å². The maximum Gasteiger partial charge on any atom is 0.188 e. The van der Waals surface area contributed by atoms with Crippen molar-refractivity contribution in [2.75, 3.05) is 5.32 Å². The molecule has 7 heteroatoms. The molecule has 0 saturated heterocycles. The molecular weight excluding hydrogens is 337 g/mol. The zero-order valence-corrected chi connectivity index (χ0v) is 13.7. The van der Waals surface area contributed by atoms with Crippen LogP contribution in [0.3, 0.4) is 0 Å². The van der Waals surface area contributed by atoms with E-state index >= 15 is 0 Å². The predicted molar refractivity (Wildman–Crippen MR) is 96.1 cm³/mol. The van der Waals surface area contributed by atoms with Crippen LogP contribution >= 0.6 is 11.3 Å². The van der Waals surface area contributed by atoms with Gasteiger partial charge in [0.1, 0.15) is 11.5 Å². The molecule has 25 heavy (non-hydrogen) atoms. The largest absolute Gasteiger partial charge is 0.315 e. The van der Waals surface area contributed by atoms with Crippen LogP contribution in [0, 0.1) is 5.82 Å². The molecule has 0 radical (unpaired) electrons. The molecule has 4 rings (SSSR count). The highest BCUT2D eigenvalue weighted by Crippen LogP contribution is 2.25. The minimum atomic E-state index is -0.275. The van der Waals surface area contributed by atoms with Gasteiger partial charge in [-0.05, 0) is 48.5 Å². The van der Waals surface area contributed by atoms with Gasteiger partial charge < -0.3 is 5.32 Å². The third-order valence-electron chi connectivity index (χ3n) is 3.47. The van der Waals surface area contributed by atoms with E-state index in [-0.39, 0.29) is 5.82 Å². The molecule has 0 aliphatic carbocycles. The molecule has 0 amide bonds. The maximum absolute atomic E-state index is 13.0. The average molecular weight is 349 g/mol. The summed E-state index contributed by atoms with van der Waals surface area (Å²) >= 11 is 1.47. The minimum absolute atomic E-state index is 0.275. The summed E-state index contributed by atoms with van der Waals surface area (Å²) in [6.45, 7) is 0. The lowest BCUT2D eigenvalue weighted by Gasteiger charge is -2.03. The minimum Gasteiger partial charge on any atom is -0.315 e. The summed E-state index contributed by atoms with van der Waals surface area (Å²) in [6, 6.07) is 15.5. The molecular formula is C18H12FN5S. The van der Waals surface area contributed by atoms with E-state index < -0.39 is 0 Å². The molecule has 3 aromatic heterocycles. The first-order chi connectivity index (χ1) is 12.3. The van der Waals surface area contributed by atoms with Gasteiger partial charge in [-0.15, -0.1) is 21.5 Å². The van der Waals surface area contributed by atoms with Crippen molar-refractivity contribution in [1.29, 1.82) is 0 Å². The van der Waals surface area contributed by atoms with Crippen LogP contribution in [0.2, 0.25) is 0 Å². The van der Waals surface area contributed by atoms with Gasteiger partial charge in [0.05, 0.1) is 11.4 Å². The van der Waals surface area contributed by atoms with Crippen LogP contribution in [0.1, 0.15) is 0 Å². The third-order valence-corrected chi connectivity index (χ3v) is 4.23. The second-order valence-electron chi connectivity index (χ2n) is 5.19. The molecule has 4 aromatic rings. The Kier molecular flexibility index (Phi) is 4.14. The van der Waals surface area contributed by atoms with Crippen LogP contribution in [0.25, 0.3) is 22.6 Å². The van der Waals surface area contributed by atoms with Crippen molar-refractivity contribution >= 4 is 22.3 Å².